The molecule has 1 aliphatic heterocycles. The molecule has 0 bridgehead atoms. The lowest BCUT2D eigenvalue weighted by Crippen LogP contribution is -2.28. The molecule has 1 unspecified atom stereocenters. The molecule has 1 fully saturated rings. The third kappa shape index (κ3) is 2.81. The van der Waals surface area contributed by atoms with E-state index in [0.717, 1.165) is 17.8 Å². The molecular weight excluding hydrogens is 280 g/mol. The van der Waals surface area contributed by atoms with Crippen molar-refractivity contribution < 1.29 is 8.42 Å². The van der Waals surface area contributed by atoms with E-state index in [1.807, 2.05) is 6.92 Å². The van der Waals surface area contributed by atoms with Crippen molar-refractivity contribution >= 4 is 33.0 Å². The van der Waals surface area contributed by atoms with Crippen LogP contribution in [0.25, 0.3) is 0 Å². The van der Waals surface area contributed by atoms with E-state index in [2.05, 4.69) is 4.98 Å². The summed E-state index contributed by atoms with van der Waals surface area (Å²) in [7, 11) is -3.32. The first-order valence-corrected chi connectivity index (χ1v) is 8.31. The Hall–Kier alpha value is -0.170. The van der Waals surface area contributed by atoms with E-state index in [1.54, 1.807) is 4.31 Å². The maximum Gasteiger partial charge on any atom is 0.254 e. The SMILES string of the molecule is Cc1ncc(S(=O)(=O)N2CCC(CCCl)C2)s1. The highest BCUT2D eigenvalue weighted by atomic mass is 35.5. The van der Waals surface area contributed by atoms with Gasteiger partial charge in [0.2, 0.25) is 0 Å². The number of aromatic nitrogens is 1. The summed E-state index contributed by atoms with van der Waals surface area (Å²) in [5, 5.41) is 0.778. The van der Waals surface area contributed by atoms with E-state index in [4.69, 9.17) is 11.6 Å². The molecule has 0 aliphatic carbocycles. The Bertz CT molecular complexity index is 486. The van der Waals surface area contributed by atoms with Crippen LogP contribution in [0.1, 0.15) is 17.8 Å². The maximum absolute atomic E-state index is 12.3. The van der Waals surface area contributed by atoms with Crippen molar-refractivity contribution in [2.24, 2.45) is 5.92 Å². The first kappa shape index (κ1) is 13.3. The Balaban J connectivity index is 2.13. The van der Waals surface area contributed by atoms with Gasteiger partial charge in [-0.3, -0.25) is 0 Å². The molecule has 1 aromatic heterocycles. The topological polar surface area (TPSA) is 50.3 Å². The highest BCUT2D eigenvalue weighted by Crippen LogP contribution is 2.28. The van der Waals surface area contributed by atoms with Crippen LogP contribution in [0, 0.1) is 12.8 Å². The average Bonchev–Trinajstić information content (AvgIpc) is 2.88. The van der Waals surface area contributed by atoms with Crippen molar-refractivity contribution in [1.29, 1.82) is 0 Å². The molecule has 0 saturated carbocycles. The molecular formula is C10H15ClN2O2S2. The standard InChI is InChI=1S/C10H15ClN2O2S2/c1-8-12-6-10(16-8)17(14,15)13-5-3-9(7-13)2-4-11/h6,9H,2-5,7H2,1H3. The second-order valence-corrected chi connectivity index (χ2v) is 7.97. The lowest BCUT2D eigenvalue weighted by atomic mass is 10.1. The molecule has 0 radical (unpaired) electrons. The number of aryl methyl sites for hydroxylation is 1. The van der Waals surface area contributed by atoms with Crippen molar-refractivity contribution in [2.75, 3.05) is 19.0 Å². The molecule has 1 saturated heterocycles. The van der Waals surface area contributed by atoms with Crippen LogP contribution in [0.5, 0.6) is 0 Å². The Labute approximate surface area is 111 Å². The van der Waals surface area contributed by atoms with Crippen LogP contribution >= 0.6 is 22.9 Å². The van der Waals surface area contributed by atoms with Gasteiger partial charge in [0.15, 0.2) is 4.21 Å². The summed E-state index contributed by atoms with van der Waals surface area (Å²) in [4.78, 5) is 4.00. The average molecular weight is 295 g/mol. The number of alkyl halides is 1. The van der Waals surface area contributed by atoms with E-state index in [0.29, 0.717) is 29.1 Å². The molecule has 2 heterocycles. The van der Waals surface area contributed by atoms with Gasteiger partial charge in [0.05, 0.1) is 11.2 Å². The predicted molar refractivity (Wildman–Crippen MR) is 69.1 cm³/mol. The smallest absolute Gasteiger partial charge is 0.249 e. The Kier molecular flexibility index (Phi) is 4.07. The molecule has 0 spiro atoms. The fourth-order valence-corrected chi connectivity index (χ4v) is 5.10. The zero-order valence-corrected chi connectivity index (χ0v) is 12.0. The summed E-state index contributed by atoms with van der Waals surface area (Å²) < 4.78 is 26.4. The Morgan fingerprint density at radius 1 is 1.65 bits per heavy atom. The van der Waals surface area contributed by atoms with Crippen LogP contribution in [0.3, 0.4) is 0 Å². The van der Waals surface area contributed by atoms with Crippen LogP contribution in [-0.4, -0.2) is 36.7 Å². The summed E-state index contributed by atoms with van der Waals surface area (Å²) in [5.41, 5.74) is 0. The van der Waals surface area contributed by atoms with Crippen molar-refractivity contribution in [3.8, 4) is 0 Å². The van der Waals surface area contributed by atoms with Gasteiger partial charge in [0.25, 0.3) is 10.0 Å². The highest BCUT2D eigenvalue weighted by Gasteiger charge is 2.33. The Morgan fingerprint density at radius 3 is 3.00 bits per heavy atom. The third-order valence-corrected chi connectivity index (χ3v) is 6.39. The molecule has 1 aromatic rings. The lowest BCUT2D eigenvalue weighted by Gasteiger charge is -2.14. The van der Waals surface area contributed by atoms with Crippen molar-refractivity contribution in [3.63, 3.8) is 0 Å². The van der Waals surface area contributed by atoms with E-state index in [-0.39, 0.29) is 0 Å². The fraction of sp³-hybridized carbons (Fsp3) is 0.700. The van der Waals surface area contributed by atoms with Gasteiger partial charge in [-0.25, -0.2) is 13.4 Å². The lowest BCUT2D eigenvalue weighted by molar-refractivity contribution is 0.455. The summed E-state index contributed by atoms with van der Waals surface area (Å²) in [5.74, 6) is 0.995. The van der Waals surface area contributed by atoms with E-state index in [1.165, 1.54) is 17.5 Å². The number of halogens is 1. The van der Waals surface area contributed by atoms with Crippen LogP contribution in [0.4, 0.5) is 0 Å². The summed E-state index contributed by atoms with van der Waals surface area (Å²) in [6.45, 7) is 3.00. The summed E-state index contributed by atoms with van der Waals surface area (Å²) >= 11 is 6.92. The van der Waals surface area contributed by atoms with E-state index < -0.39 is 10.0 Å². The number of rotatable bonds is 4. The van der Waals surface area contributed by atoms with Crippen LogP contribution < -0.4 is 0 Å². The number of sulfonamides is 1. The molecule has 96 valence electrons. The molecule has 4 nitrogen and oxygen atoms in total. The van der Waals surface area contributed by atoms with Gasteiger partial charge < -0.3 is 0 Å². The van der Waals surface area contributed by atoms with Crippen LogP contribution in [0.15, 0.2) is 10.4 Å². The number of thiazole rings is 1. The van der Waals surface area contributed by atoms with Gasteiger partial charge in [0, 0.05) is 19.0 Å². The van der Waals surface area contributed by atoms with Crippen LogP contribution in [-0.2, 0) is 10.0 Å². The normalized spacial score (nSPS) is 22.1. The van der Waals surface area contributed by atoms with Gasteiger partial charge in [-0.05, 0) is 25.7 Å². The fourth-order valence-electron chi connectivity index (χ4n) is 1.99. The van der Waals surface area contributed by atoms with Gasteiger partial charge in [-0.1, -0.05) is 0 Å². The van der Waals surface area contributed by atoms with Gasteiger partial charge >= 0.3 is 0 Å². The minimum absolute atomic E-state index is 0.349. The molecule has 0 N–H and O–H groups in total. The van der Waals surface area contributed by atoms with E-state index in [9.17, 15) is 8.42 Å². The number of hydrogen-bond donors (Lipinski definition) is 0. The van der Waals surface area contributed by atoms with Gasteiger partial charge in [-0.15, -0.1) is 22.9 Å². The van der Waals surface area contributed by atoms with E-state index >= 15 is 0 Å². The minimum atomic E-state index is -3.32. The summed E-state index contributed by atoms with van der Waals surface area (Å²) in [6, 6.07) is 0. The monoisotopic (exact) mass is 294 g/mol. The number of hydrogen-bond acceptors (Lipinski definition) is 4. The third-order valence-electron chi connectivity index (χ3n) is 2.96. The predicted octanol–water partition coefficient (Wildman–Crippen LogP) is 2.09. The first-order chi connectivity index (χ1) is 8.04. The quantitative estimate of drug-likeness (QED) is 0.799. The second kappa shape index (κ2) is 5.22. The second-order valence-electron chi connectivity index (χ2n) is 4.19. The molecule has 1 aliphatic rings. The number of nitrogens with zero attached hydrogens (tertiary/aromatic N) is 2. The van der Waals surface area contributed by atoms with Gasteiger partial charge in [-0.2, -0.15) is 4.31 Å². The molecule has 0 amide bonds. The zero-order chi connectivity index (χ0) is 12.5. The molecule has 2 rings (SSSR count). The largest absolute Gasteiger partial charge is 0.254 e. The van der Waals surface area contributed by atoms with Crippen LogP contribution in [0.2, 0.25) is 0 Å². The molecule has 7 heteroatoms. The first-order valence-electron chi connectivity index (χ1n) is 5.52. The molecule has 1 atom stereocenters. The minimum Gasteiger partial charge on any atom is -0.249 e. The zero-order valence-electron chi connectivity index (χ0n) is 9.60. The summed E-state index contributed by atoms with van der Waals surface area (Å²) in [6.07, 6.45) is 3.24. The van der Waals surface area contributed by atoms with Gasteiger partial charge in [0.1, 0.15) is 0 Å². The molecule has 0 aromatic carbocycles. The van der Waals surface area contributed by atoms with Crippen molar-refractivity contribution in [2.45, 2.75) is 24.0 Å². The molecule has 17 heavy (non-hydrogen) atoms. The van der Waals surface area contributed by atoms with Crippen molar-refractivity contribution in [1.82, 2.24) is 9.29 Å². The Morgan fingerprint density at radius 2 is 2.41 bits per heavy atom. The highest BCUT2D eigenvalue weighted by molar-refractivity contribution is 7.91. The maximum atomic E-state index is 12.3. The van der Waals surface area contributed by atoms with Crippen molar-refractivity contribution in [3.05, 3.63) is 11.2 Å².